The molecule has 0 bridgehead atoms. The third kappa shape index (κ3) is 4.75. The summed E-state index contributed by atoms with van der Waals surface area (Å²) in [4.78, 5) is 22.5. The van der Waals surface area contributed by atoms with Crippen LogP contribution in [0.5, 0.6) is 0 Å². The van der Waals surface area contributed by atoms with Gasteiger partial charge in [0.25, 0.3) is 5.91 Å². The Bertz CT molecular complexity index is 452. The molecule has 1 amide bonds. The zero-order valence-electron chi connectivity index (χ0n) is 11.4. The molecule has 106 valence electrons. The molecule has 0 fully saturated rings. The van der Waals surface area contributed by atoms with E-state index in [1.54, 1.807) is 26.8 Å². The predicted molar refractivity (Wildman–Crippen MR) is 68.2 cm³/mol. The van der Waals surface area contributed by atoms with Gasteiger partial charge in [0.15, 0.2) is 0 Å². The number of rotatable bonds is 7. The molecule has 1 aromatic rings. The van der Waals surface area contributed by atoms with E-state index in [2.05, 4.69) is 5.32 Å². The van der Waals surface area contributed by atoms with E-state index < -0.39 is 12.1 Å². The summed E-state index contributed by atoms with van der Waals surface area (Å²) in [6, 6.07) is 1.65. The van der Waals surface area contributed by atoms with Crippen LogP contribution in [0.25, 0.3) is 0 Å². The third-order valence-electron chi connectivity index (χ3n) is 2.58. The van der Waals surface area contributed by atoms with Gasteiger partial charge in [-0.05, 0) is 26.8 Å². The van der Waals surface area contributed by atoms with Gasteiger partial charge in [-0.25, -0.2) is 0 Å². The van der Waals surface area contributed by atoms with Crippen LogP contribution in [0.2, 0.25) is 0 Å². The number of carbonyl (C=O) groups excluding carboxylic acids is 1. The van der Waals surface area contributed by atoms with Crippen LogP contribution < -0.4 is 5.32 Å². The minimum absolute atomic E-state index is 0.141. The molecule has 0 aliphatic rings. The van der Waals surface area contributed by atoms with E-state index in [1.807, 2.05) is 0 Å². The quantitative estimate of drug-likeness (QED) is 0.783. The molecule has 2 N–H and O–H groups in total. The molecule has 1 rings (SSSR count). The zero-order valence-corrected chi connectivity index (χ0v) is 11.4. The lowest BCUT2D eigenvalue weighted by Gasteiger charge is -2.15. The van der Waals surface area contributed by atoms with E-state index in [1.165, 1.54) is 0 Å². The summed E-state index contributed by atoms with van der Waals surface area (Å²) in [5, 5.41) is 11.4. The highest BCUT2D eigenvalue weighted by atomic mass is 16.5. The first-order valence-corrected chi connectivity index (χ1v) is 6.12. The molecule has 0 saturated carbocycles. The van der Waals surface area contributed by atoms with Crippen molar-refractivity contribution in [1.29, 1.82) is 0 Å². The van der Waals surface area contributed by atoms with Crippen LogP contribution in [0.1, 0.15) is 35.2 Å². The van der Waals surface area contributed by atoms with Gasteiger partial charge >= 0.3 is 5.97 Å². The average molecular weight is 269 g/mol. The fraction of sp³-hybridized carbons (Fsp3) is 0.538. The van der Waals surface area contributed by atoms with Gasteiger partial charge in [0.05, 0.1) is 18.1 Å². The molecule has 0 aliphatic carbocycles. The molecule has 1 unspecified atom stereocenters. The molecule has 1 heterocycles. The number of hydrogen-bond donors (Lipinski definition) is 2. The van der Waals surface area contributed by atoms with Gasteiger partial charge in [-0.3, -0.25) is 9.59 Å². The number of hydrogen-bond acceptors (Lipinski definition) is 4. The maximum atomic E-state index is 11.9. The van der Waals surface area contributed by atoms with Gasteiger partial charge < -0.3 is 19.6 Å². The van der Waals surface area contributed by atoms with Crippen molar-refractivity contribution in [2.75, 3.05) is 13.2 Å². The van der Waals surface area contributed by atoms with Crippen molar-refractivity contribution in [2.45, 2.75) is 33.3 Å². The molecule has 19 heavy (non-hydrogen) atoms. The predicted octanol–water partition coefficient (Wildman–Crippen LogP) is 1.51. The molecular weight excluding hydrogens is 250 g/mol. The van der Waals surface area contributed by atoms with Crippen molar-refractivity contribution in [3.8, 4) is 0 Å². The molecule has 1 atom stereocenters. The lowest BCUT2D eigenvalue weighted by molar-refractivity contribution is -0.140. The maximum absolute atomic E-state index is 11.9. The number of furan rings is 1. The van der Waals surface area contributed by atoms with Crippen LogP contribution in [-0.4, -0.2) is 36.2 Å². The summed E-state index contributed by atoms with van der Waals surface area (Å²) in [5.74, 6) is -0.0387. The third-order valence-corrected chi connectivity index (χ3v) is 2.58. The molecular formula is C13H19NO5. The summed E-state index contributed by atoms with van der Waals surface area (Å²) in [5.41, 5.74) is 0.461. The molecule has 0 aliphatic heterocycles. The van der Waals surface area contributed by atoms with E-state index in [0.717, 1.165) is 0 Å². The van der Waals surface area contributed by atoms with Crippen LogP contribution in [0.3, 0.4) is 0 Å². The number of amides is 1. The first kappa shape index (κ1) is 15.2. The van der Waals surface area contributed by atoms with Crippen molar-refractivity contribution in [3.05, 3.63) is 23.2 Å². The van der Waals surface area contributed by atoms with Crippen LogP contribution in [0.15, 0.2) is 10.5 Å². The van der Waals surface area contributed by atoms with E-state index in [-0.39, 0.29) is 18.9 Å². The van der Waals surface area contributed by atoms with Gasteiger partial charge in [-0.1, -0.05) is 0 Å². The largest absolute Gasteiger partial charge is 0.481 e. The highest BCUT2D eigenvalue weighted by Gasteiger charge is 2.17. The second-order valence-electron chi connectivity index (χ2n) is 4.21. The minimum Gasteiger partial charge on any atom is -0.481 e. The lowest BCUT2D eigenvalue weighted by Crippen LogP contribution is -2.35. The summed E-state index contributed by atoms with van der Waals surface area (Å²) in [7, 11) is 0. The topological polar surface area (TPSA) is 88.8 Å². The summed E-state index contributed by atoms with van der Waals surface area (Å²) < 4.78 is 10.5. The Morgan fingerprint density at radius 3 is 2.63 bits per heavy atom. The monoisotopic (exact) mass is 269 g/mol. The smallest absolute Gasteiger partial charge is 0.306 e. The van der Waals surface area contributed by atoms with Gasteiger partial charge in [0.1, 0.15) is 11.5 Å². The normalized spacial score (nSPS) is 12.2. The van der Waals surface area contributed by atoms with Gasteiger partial charge in [-0.15, -0.1) is 0 Å². The summed E-state index contributed by atoms with van der Waals surface area (Å²) in [6.45, 7) is 5.80. The van der Waals surface area contributed by atoms with E-state index >= 15 is 0 Å². The van der Waals surface area contributed by atoms with Crippen molar-refractivity contribution < 1.29 is 23.8 Å². The van der Waals surface area contributed by atoms with Crippen molar-refractivity contribution >= 4 is 11.9 Å². The SMILES string of the molecule is CCOC(CNC(=O)c1cc(C)oc1C)CC(=O)O. The molecule has 1 aromatic heterocycles. The fourth-order valence-electron chi connectivity index (χ4n) is 1.78. The molecule has 6 nitrogen and oxygen atoms in total. The van der Waals surface area contributed by atoms with E-state index in [9.17, 15) is 9.59 Å². The molecule has 0 aromatic carbocycles. The Kier molecular flexibility index (Phi) is 5.57. The molecule has 6 heteroatoms. The van der Waals surface area contributed by atoms with Crippen molar-refractivity contribution in [2.24, 2.45) is 0 Å². The highest BCUT2D eigenvalue weighted by Crippen LogP contribution is 2.13. The molecule has 0 spiro atoms. The molecule has 0 saturated heterocycles. The summed E-state index contributed by atoms with van der Waals surface area (Å²) >= 11 is 0. The Morgan fingerprint density at radius 1 is 1.47 bits per heavy atom. The number of aliphatic carboxylic acids is 1. The van der Waals surface area contributed by atoms with E-state index in [0.29, 0.717) is 23.7 Å². The Morgan fingerprint density at radius 2 is 2.16 bits per heavy atom. The first-order valence-electron chi connectivity index (χ1n) is 6.12. The Hall–Kier alpha value is -1.82. The van der Waals surface area contributed by atoms with Crippen LogP contribution in [0, 0.1) is 13.8 Å². The number of carboxylic acids is 1. The number of ether oxygens (including phenoxy) is 1. The zero-order chi connectivity index (χ0) is 14.4. The average Bonchev–Trinajstić information content (AvgIpc) is 2.64. The van der Waals surface area contributed by atoms with Crippen molar-refractivity contribution in [3.63, 3.8) is 0 Å². The van der Waals surface area contributed by atoms with Crippen molar-refractivity contribution in [1.82, 2.24) is 5.32 Å². The second-order valence-corrected chi connectivity index (χ2v) is 4.21. The van der Waals surface area contributed by atoms with Gasteiger partial charge in [-0.2, -0.15) is 0 Å². The van der Waals surface area contributed by atoms with E-state index in [4.69, 9.17) is 14.3 Å². The van der Waals surface area contributed by atoms with Gasteiger partial charge in [0, 0.05) is 13.2 Å². The summed E-state index contributed by atoms with van der Waals surface area (Å²) in [6.07, 6.45) is -0.669. The van der Waals surface area contributed by atoms with Crippen LogP contribution in [-0.2, 0) is 9.53 Å². The standard InChI is InChI=1S/C13H19NO5/c1-4-18-10(6-12(15)16)7-14-13(17)11-5-8(2)19-9(11)3/h5,10H,4,6-7H2,1-3H3,(H,14,17)(H,15,16). The highest BCUT2D eigenvalue weighted by molar-refractivity contribution is 5.95. The lowest BCUT2D eigenvalue weighted by atomic mass is 10.2. The van der Waals surface area contributed by atoms with Crippen LogP contribution in [0.4, 0.5) is 0 Å². The Labute approximate surface area is 111 Å². The number of nitrogens with one attached hydrogen (secondary N) is 1. The minimum atomic E-state index is -0.956. The van der Waals surface area contributed by atoms with Crippen LogP contribution >= 0.6 is 0 Å². The molecule has 0 radical (unpaired) electrons. The number of aryl methyl sites for hydroxylation is 2. The van der Waals surface area contributed by atoms with Gasteiger partial charge in [0.2, 0.25) is 0 Å². The first-order chi connectivity index (χ1) is 8.93. The maximum Gasteiger partial charge on any atom is 0.306 e. The second kappa shape index (κ2) is 6.94. The number of carbonyl (C=O) groups is 2. The number of carboxylic acid groups (broad SMARTS) is 1. The Balaban J connectivity index is 2.56. The fourth-order valence-corrected chi connectivity index (χ4v) is 1.78.